The highest BCUT2D eigenvalue weighted by atomic mass is 16.5. The van der Waals surface area contributed by atoms with Gasteiger partial charge in [-0.15, -0.1) is 0 Å². The third-order valence-electron chi connectivity index (χ3n) is 3.90. The smallest absolute Gasteiger partial charge is 0.326 e. The van der Waals surface area contributed by atoms with Crippen LogP contribution < -0.4 is 0 Å². The number of rotatable bonds is 5. The average Bonchev–Trinajstić information content (AvgIpc) is 2.87. The molecule has 1 unspecified atom stereocenters. The van der Waals surface area contributed by atoms with Gasteiger partial charge >= 0.3 is 11.9 Å². The summed E-state index contributed by atoms with van der Waals surface area (Å²) in [7, 11) is 1.26. The first-order chi connectivity index (χ1) is 10.4. The van der Waals surface area contributed by atoms with Crippen LogP contribution in [-0.4, -0.2) is 47.5 Å². The Kier molecular flexibility index (Phi) is 4.80. The predicted octanol–water partition coefficient (Wildman–Crippen LogP) is 1.01. The van der Waals surface area contributed by atoms with Gasteiger partial charge in [-0.05, 0) is 12.5 Å². The molecule has 2 rings (SSSR count). The van der Waals surface area contributed by atoms with Gasteiger partial charge < -0.3 is 14.7 Å². The highest BCUT2D eigenvalue weighted by Gasteiger charge is 2.40. The summed E-state index contributed by atoms with van der Waals surface area (Å²) in [6.07, 6.45) is 0.222. The van der Waals surface area contributed by atoms with Gasteiger partial charge in [0.15, 0.2) is 0 Å². The van der Waals surface area contributed by atoms with Crippen LogP contribution in [0.15, 0.2) is 24.3 Å². The molecular weight excluding hydrogens is 286 g/mol. The van der Waals surface area contributed by atoms with E-state index in [9.17, 15) is 19.5 Å². The number of aliphatic carboxylic acids is 1. The van der Waals surface area contributed by atoms with Crippen molar-refractivity contribution in [3.05, 3.63) is 35.4 Å². The number of hydrogen-bond acceptors (Lipinski definition) is 4. The first-order valence-corrected chi connectivity index (χ1v) is 7.08. The molecule has 118 valence electrons. The number of esters is 1. The molecule has 1 heterocycles. The standard InChI is InChI=1S/C16H19NO5/c1-10-3-5-11(6-4-10)7-13(15(19)20)17-9-12(8-14(17)18)16(21)22-2/h3-6,12-13H,7-9H2,1-2H3,(H,19,20)/t12?,13-/m0/s1. The van der Waals surface area contributed by atoms with E-state index in [1.165, 1.54) is 12.0 Å². The highest BCUT2D eigenvalue weighted by Crippen LogP contribution is 2.23. The van der Waals surface area contributed by atoms with Gasteiger partial charge in [0.1, 0.15) is 6.04 Å². The Morgan fingerprint density at radius 2 is 2.00 bits per heavy atom. The van der Waals surface area contributed by atoms with E-state index in [2.05, 4.69) is 4.74 Å². The summed E-state index contributed by atoms with van der Waals surface area (Å²) in [5.74, 6) is -2.46. The lowest BCUT2D eigenvalue weighted by molar-refractivity contribution is -0.148. The molecule has 6 heteroatoms. The van der Waals surface area contributed by atoms with Crippen molar-refractivity contribution in [1.82, 2.24) is 4.90 Å². The van der Waals surface area contributed by atoms with Gasteiger partial charge in [-0.1, -0.05) is 29.8 Å². The maximum atomic E-state index is 12.1. The summed E-state index contributed by atoms with van der Waals surface area (Å²) < 4.78 is 4.64. The van der Waals surface area contributed by atoms with Crippen molar-refractivity contribution < 1.29 is 24.2 Å². The number of hydrogen-bond donors (Lipinski definition) is 1. The second-order valence-electron chi connectivity index (χ2n) is 5.51. The van der Waals surface area contributed by atoms with E-state index in [0.29, 0.717) is 0 Å². The van der Waals surface area contributed by atoms with E-state index >= 15 is 0 Å². The van der Waals surface area contributed by atoms with Crippen LogP contribution in [0.25, 0.3) is 0 Å². The Morgan fingerprint density at radius 3 is 2.55 bits per heavy atom. The first-order valence-electron chi connectivity index (χ1n) is 7.08. The highest BCUT2D eigenvalue weighted by molar-refractivity contribution is 5.90. The van der Waals surface area contributed by atoms with Crippen LogP contribution in [0.3, 0.4) is 0 Å². The van der Waals surface area contributed by atoms with Gasteiger partial charge in [0.05, 0.1) is 13.0 Å². The normalized spacial score (nSPS) is 19.1. The zero-order valence-electron chi connectivity index (χ0n) is 12.6. The number of benzene rings is 1. The Morgan fingerprint density at radius 1 is 1.36 bits per heavy atom. The van der Waals surface area contributed by atoms with Crippen LogP contribution >= 0.6 is 0 Å². The molecule has 1 saturated heterocycles. The van der Waals surface area contributed by atoms with Gasteiger partial charge in [-0.3, -0.25) is 9.59 Å². The van der Waals surface area contributed by atoms with E-state index in [0.717, 1.165) is 11.1 Å². The van der Waals surface area contributed by atoms with Gasteiger partial charge in [-0.25, -0.2) is 4.79 Å². The molecule has 0 aliphatic carbocycles. The van der Waals surface area contributed by atoms with Crippen molar-refractivity contribution in [3.63, 3.8) is 0 Å². The number of carbonyl (C=O) groups is 3. The molecule has 1 fully saturated rings. The largest absolute Gasteiger partial charge is 0.480 e. The van der Waals surface area contributed by atoms with Crippen LogP contribution in [0, 0.1) is 12.8 Å². The van der Waals surface area contributed by atoms with Gasteiger partial charge in [-0.2, -0.15) is 0 Å². The minimum Gasteiger partial charge on any atom is -0.480 e. The quantitative estimate of drug-likeness (QED) is 0.821. The van der Waals surface area contributed by atoms with Crippen molar-refractivity contribution in [3.8, 4) is 0 Å². The molecule has 1 aliphatic rings. The van der Waals surface area contributed by atoms with Crippen molar-refractivity contribution in [2.24, 2.45) is 5.92 Å². The number of ether oxygens (including phenoxy) is 1. The number of carboxylic acids is 1. The minimum absolute atomic E-state index is 0.00432. The molecule has 0 bridgehead atoms. The molecule has 0 spiro atoms. The molecule has 1 N–H and O–H groups in total. The Labute approximate surface area is 128 Å². The fraction of sp³-hybridized carbons (Fsp3) is 0.438. The zero-order chi connectivity index (χ0) is 16.3. The van der Waals surface area contributed by atoms with E-state index in [-0.39, 0.29) is 25.3 Å². The Hall–Kier alpha value is -2.37. The summed E-state index contributed by atoms with van der Waals surface area (Å²) in [6, 6.07) is 6.53. The third kappa shape index (κ3) is 3.44. The number of nitrogens with zero attached hydrogens (tertiary/aromatic N) is 1. The molecule has 1 amide bonds. The van der Waals surface area contributed by atoms with Crippen molar-refractivity contribution >= 4 is 17.8 Å². The van der Waals surface area contributed by atoms with Crippen LogP contribution in [0.1, 0.15) is 17.5 Å². The monoisotopic (exact) mass is 305 g/mol. The summed E-state index contributed by atoms with van der Waals surface area (Å²) >= 11 is 0. The fourth-order valence-corrected chi connectivity index (χ4v) is 2.64. The lowest BCUT2D eigenvalue weighted by atomic mass is 10.0. The molecule has 0 aromatic heterocycles. The lowest BCUT2D eigenvalue weighted by Crippen LogP contribution is -2.44. The maximum absolute atomic E-state index is 12.1. The Balaban J connectivity index is 2.14. The average molecular weight is 305 g/mol. The number of likely N-dealkylation sites (tertiary alicyclic amines) is 1. The van der Waals surface area contributed by atoms with E-state index in [1.54, 1.807) is 0 Å². The second kappa shape index (κ2) is 6.60. The molecule has 1 aromatic carbocycles. The van der Waals surface area contributed by atoms with Crippen LogP contribution in [0.2, 0.25) is 0 Å². The summed E-state index contributed by atoms with van der Waals surface area (Å²) in [4.78, 5) is 36.4. The Bertz CT molecular complexity index is 581. The van der Waals surface area contributed by atoms with Crippen LogP contribution in [0.4, 0.5) is 0 Å². The van der Waals surface area contributed by atoms with Crippen molar-refractivity contribution in [1.29, 1.82) is 0 Å². The van der Waals surface area contributed by atoms with Gasteiger partial charge in [0.25, 0.3) is 0 Å². The van der Waals surface area contributed by atoms with Crippen molar-refractivity contribution in [2.75, 3.05) is 13.7 Å². The van der Waals surface area contributed by atoms with Crippen molar-refractivity contribution in [2.45, 2.75) is 25.8 Å². The molecule has 2 atom stereocenters. The summed E-state index contributed by atoms with van der Waals surface area (Å²) in [6.45, 7) is 2.04. The van der Waals surface area contributed by atoms with E-state index in [1.807, 2.05) is 31.2 Å². The number of carboxylic acid groups (broad SMARTS) is 1. The number of methoxy groups -OCH3 is 1. The van der Waals surface area contributed by atoms with E-state index in [4.69, 9.17) is 0 Å². The molecule has 22 heavy (non-hydrogen) atoms. The van der Waals surface area contributed by atoms with E-state index < -0.39 is 23.9 Å². The molecule has 1 aliphatic heterocycles. The molecular formula is C16H19NO5. The number of amides is 1. The maximum Gasteiger partial charge on any atom is 0.326 e. The fourth-order valence-electron chi connectivity index (χ4n) is 2.64. The molecule has 6 nitrogen and oxygen atoms in total. The summed E-state index contributed by atoms with van der Waals surface area (Å²) in [5, 5.41) is 9.44. The SMILES string of the molecule is COC(=O)C1CC(=O)N([C@@H](Cc2ccc(C)cc2)C(=O)O)C1. The summed E-state index contributed by atoms with van der Waals surface area (Å²) in [5.41, 5.74) is 1.92. The first kappa shape index (κ1) is 16.0. The molecule has 0 saturated carbocycles. The third-order valence-corrected chi connectivity index (χ3v) is 3.90. The topological polar surface area (TPSA) is 83.9 Å². The number of carbonyl (C=O) groups excluding carboxylic acids is 2. The predicted molar refractivity (Wildman–Crippen MR) is 78.1 cm³/mol. The van der Waals surface area contributed by atoms with Gasteiger partial charge in [0.2, 0.25) is 5.91 Å². The van der Waals surface area contributed by atoms with Crippen LogP contribution in [-0.2, 0) is 25.5 Å². The minimum atomic E-state index is -1.07. The van der Waals surface area contributed by atoms with Crippen LogP contribution in [0.5, 0.6) is 0 Å². The number of aryl methyl sites for hydroxylation is 1. The lowest BCUT2D eigenvalue weighted by Gasteiger charge is -2.24. The van der Waals surface area contributed by atoms with Gasteiger partial charge in [0, 0.05) is 19.4 Å². The molecule has 1 aromatic rings. The zero-order valence-corrected chi connectivity index (χ0v) is 12.6. The second-order valence-corrected chi connectivity index (χ2v) is 5.51. The molecule has 0 radical (unpaired) electrons.